The fourth-order valence-corrected chi connectivity index (χ4v) is 5.11. The van der Waals surface area contributed by atoms with Crippen molar-refractivity contribution in [2.24, 2.45) is 22.7 Å². The fraction of sp³-hybridized carbons (Fsp3) is 0.867. The van der Waals surface area contributed by atoms with Crippen LogP contribution in [0.5, 0.6) is 0 Å². The Bertz CT molecular complexity index is 629. The van der Waals surface area contributed by atoms with Gasteiger partial charge in [0.25, 0.3) is 0 Å². The highest BCUT2D eigenvalue weighted by atomic mass is 17.2. The predicted octanol–water partition coefficient (Wildman–Crippen LogP) is 7.95. The molecular weight excluding hydrogens is 456 g/mol. The van der Waals surface area contributed by atoms with Gasteiger partial charge in [0.1, 0.15) is 10.8 Å². The summed E-state index contributed by atoms with van der Waals surface area (Å²) < 4.78 is 0. The van der Waals surface area contributed by atoms with Gasteiger partial charge in [0.15, 0.2) is 11.6 Å². The lowest BCUT2D eigenvalue weighted by atomic mass is 9.71. The summed E-state index contributed by atoms with van der Waals surface area (Å²) in [5.74, 6) is -2.50. The van der Waals surface area contributed by atoms with Gasteiger partial charge in [-0.15, -0.1) is 0 Å². The van der Waals surface area contributed by atoms with Crippen molar-refractivity contribution in [1.82, 2.24) is 0 Å². The molecule has 0 aliphatic carbocycles. The summed E-state index contributed by atoms with van der Waals surface area (Å²) in [6.07, 6.45) is 9.05. The third-order valence-electron chi connectivity index (χ3n) is 7.81. The average Bonchev–Trinajstić information content (AvgIpc) is 2.88. The summed E-state index contributed by atoms with van der Waals surface area (Å²) in [7, 11) is 0. The zero-order valence-corrected chi connectivity index (χ0v) is 24.5. The highest BCUT2D eigenvalue weighted by Gasteiger charge is 2.51. The summed E-state index contributed by atoms with van der Waals surface area (Å²) in [5, 5.41) is 0. The molecule has 0 aliphatic rings. The van der Waals surface area contributed by atoms with E-state index in [0.717, 1.165) is 25.7 Å². The molecule has 0 aromatic heterocycles. The van der Waals surface area contributed by atoms with Gasteiger partial charge in [-0.05, 0) is 38.5 Å². The molecule has 6 heteroatoms. The lowest BCUT2D eigenvalue weighted by Gasteiger charge is -2.33. The van der Waals surface area contributed by atoms with Gasteiger partial charge in [-0.25, -0.2) is 19.4 Å². The van der Waals surface area contributed by atoms with E-state index in [9.17, 15) is 19.2 Å². The largest absolute Gasteiger partial charge is 0.369 e. The van der Waals surface area contributed by atoms with Crippen LogP contribution in [0.15, 0.2) is 0 Å². The molecule has 4 atom stereocenters. The maximum absolute atomic E-state index is 13.5. The SMILES string of the molecule is CCCCCC(CCC)(C(=O)OOC(=O)C(CCC)(CCCCC)C(=O)C(C)CC)C(=O)C(C)CC. The third-order valence-corrected chi connectivity index (χ3v) is 7.81. The number of hydrogen-bond donors (Lipinski definition) is 0. The minimum absolute atomic E-state index is 0.151. The van der Waals surface area contributed by atoms with Crippen molar-refractivity contribution >= 4 is 23.5 Å². The monoisotopic (exact) mass is 510 g/mol. The Hall–Kier alpha value is -1.72. The molecule has 0 spiro atoms. The second kappa shape index (κ2) is 17.7. The smallest absolute Gasteiger partial charge is 0.298 e. The van der Waals surface area contributed by atoms with Crippen molar-refractivity contribution in [3.8, 4) is 0 Å². The summed E-state index contributed by atoms with van der Waals surface area (Å²) >= 11 is 0. The summed E-state index contributed by atoms with van der Waals surface area (Å²) in [5.41, 5.74) is -2.67. The molecule has 0 bridgehead atoms. The molecule has 210 valence electrons. The van der Waals surface area contributed by atoms with Crippen molar-refractivity contribution < 1.29 is 29.0 Å². The maximum Gasteiger partial charge on any atom is 0.369 e. The van der Waals surface area contributed by atoms with E-state index in [0.29, 0.717) is 64.2 Å². The molecule has 0 heterocycles. The molecule has 0 saturated carbocycles. The Morgan fingerprint density at radius 3 is 1.11 bits per heavy atom. The number of ketones is 2. The zero-order chi connectivity index (χ0) is 27.8. The van der Waals surface area contributed by atoms with Crippen LogP contribution in [0.2, 0.25) is 0 Å². The molecule has 0 aliphatic heterocycles. The normalized spacial score (nSPS) is 16.3. The molecule has 0 amide bonds. The predicted molar refractivity (Wildman–Crippen MR) is 144 cm³/mol. The van der Waals surface area contributed by atoms with E-state index in [2.05, 4.69) is 13.8 Å². The summed E-state index contributed by atoms with van der Waals surface area (Å²) in [6, 6.07) is 0. The zero-order valence-electron chi connectivity index (χ0n) is 24.5. The number of carbonyl (C=O) groups excluding carboxylic acids is 4. The maximum atomic E-state index is 13.5. The molecule has 4 unspecified atom stereocenters. The second-order valence-electron chi connectivity index (χ2n) is 10.7. The van der Waals surface area contributed by atoms with Crippen LogP contribution in [0.3, 0.4) is 0 Å². The molecular formula is C30H54O6. The van der Waals surface area contributed by atoms with Crippen molar-refractivity contribution in [2.45, 2.75) is 145 Å². The van der Waals surface area contributed by atoms with Crippen LogP contribution < -0.4 is 0 Å². The van der Waals surface area contributed by atoms with Gasteiger partial charge in [0, 0.05) is 11.8 Å². The molecule has 6 nitrogen and oxygen atoms in total. The van der Waals surface area contributed by atoms with Crippen LogP contribution in [0.1, 0.15) is 145 Å². The molecule has 0 fully saturated rings. The average molecular weight is 511 g/mol. The van der Waals surface area contributed by atoms with Crippen LogP contribution in [-0.2, 0) is 29.0 Å². The van der Waals surface area contributed by atoms with Crippen LogP contribution in [0.4, 0.5) is 0 Å². The highest BCUT2D eigenvalue weighted by molar-refractivity contribution is 6.06. The Labute approximate surface area is 220 Å². The molecule has 0 saturated heterocycles. The first-order chi connectivity index (χ1) is 17.1. The van der Waals surface area contributed by atoms with Gasteiger partial charge in [-0.1, -0.05) is 107 Å². The quantitative estimate of drug-likeness (QED) is 0.0714. The molecule has 36 heavy (non-hydrogen) atoms. The molecule has 0 N–H and O–H groups in total. The van der Waals surface area contributed by atoms with Crippen LogP contribution in [0.25, 0.3) is 0 Å². The highest BCUT2D eigenvalue weighted by Crippen LogP contribution is 2.39. The number of unbranched alkanes of at least 4 members (excludes halogenated alkanes) is 4. The summed E-state index contributed by atoms with van der Waals surface area (Å²) in [4.78, 5) is 64.5. The first-order valence-electron chi connectivity index (χ1n) is 14.6. The van der Waals surface area contributed by atoms with E-state index in [1.165, 1.54) is 0 Å². The Kier molecular flexibility index (Phi) is 16.8. The fourth-order valence-electron chi connectivity index (χ4n) is 5.11. The number of Topliss-reactive ketones (excluding diaryl/α,β-unsaturated/α-hetero) is 2. The van der Waals surface area contributed by atoms with Crippen molar-refractivity contribution in [1.29, 1.82) is 0 Å². The van der Waals surface area contributed by atoms with Gasteiger partial charge in [-0.3, -0.25) is 9.59 Å². The molecule has 0 aromatic carbocycles. The number of rotatable bonds is 20. The van der Waals surface area contributed by atoms with E-state index in [1.54, 1.807) is 0 Å². The standard InChI is InChI=1S/C30H54O6/c1-9-15-17-21-29(19-11-3,25(31)23(7)13-5)27(33)35-36-28(34)30(20-12-4,22-18-16-10-2)26(32)24(8)14-6/h23-24H,9-22H2,1-8H3. The van der Waals surface area contributed by atoms with E-state index in [-0.39, 0.29) is 23.4 Å². The molecule has 0 aromatic rings. The lowest BCUT2D eigenvalue weighted by Crippen LogP contribution is -2.46. The first kappa shape index (κ1) is 34.3. The van der Waals surface area contributed by atoms with Crippen molar-refractivity contribution in [2.75, 3.05) is 0 Å². The van der Waals surface area contributed by atoms with Crippen LogP contribution in [0, 0.1) is 22.7 Å². The third kappa shape index (κ3) is 8.99. The molecule has 0 radical (unpaired) electrons. The van der Waals surface area contributed by atoms with E-state index < -0.39 is 22.8 Å². The second-order valence-corrected chi connectivity index (χ2v) is 10.7. The van der Waals surface area contributed by atoms with Gasteiger partial charge < -0.3 is 0 Å². The Morgan fingerprint density at radius 2 is 0.861 bits per heavy atom. The van der Waals surface area contributed by atoms with Gasteiger partial charge in [0.05, 0.1) is 0 Å². The number of carbonyl (C=O) groups is 4. The van der Waals surface area contributed by atoms with Gasteiger partial charge >= 0.3 is 11.9 Å². The van der Waals surface area contributed by atoms with Crippen LogP contribution in [-0.4, -0.2) is 23.5 Å². The molecule has 0 rings (SSSR count). The minimum Gasteiger partial charge on any atom is -0.298 e. The number of hydrogen-bond acceptors (Lipinski definition) is 6. The van der Waals surface area contributed by atoms with Crippen LogP contribution >= 0.6 is 0 Å². The Balaban J connectivity index is 6.12. The topological polar surface area (TPSA) is 86.7 Å². The van der Waals surface area contributed by atoms with E-state index in [1.807, 2.05) is 41.5 Å². The van der Waals surface area contributed by atoms with E-state index in [4.69, 9.17) is 9.78 Å². The summed E-state index contributed by atoms with van der Waals surface area (Å²) in [6.45, 7) is 15.5. The minimum atomic E-state index is -1.34. The van der Waals surface area contributed by atoms with Gasteiger partial charge in [-0.2, -0.15) is 0 Å². The lowest BCUT2D eigenvalue weighted by molar-refractivity contribution is -0.273. The van der Waals surface area contributed by atoms with E-state index >= 15 is 0 Å². The van der Waals surface area contributed by atoms with Crippen molar-refractivity contribution in [3.05, 3.63) is 0 Å². The van der Waals surface area contributed by atoms with Crippen molar-refractivity contribution in [3.63, 3.8) is 0 Å². The Morgan fingerprint density at radius 1 is 0.528 bits per heavy atom. The first-order valence-corrected chi connectivity index (χ1v) is 14.6. The van der Waals surface area contributed by atoms with Gasteiger partial charge in [0.2, 0.25) is 0 Å².